The van der Waals surface area contributed by atoms with E-state index in [9.17, 15) is 5.11 Å². The van der Waals surface area contributed by atoms with Crippen molar-refractivity contribution in [3.05, 3.63) is 35.4 Å². The van der Waals surface area contributed by atoms with Gasteiger partial charge >= 0.3 is 0 Å². The second-order valence-electron chi connectivity index (χ2n) is 4.37. The molecule has 17 heavy (non-hydrogen) atoms. The third kappa shape index (κ3) is 3.44. The average Bonchev–Trinajstić information content (AvgIpc) is 2.35. The van der Waals surface area contributed by atoms with Crippen LogP contribution in [-0.4, -0.2) is 32.7 Å². The van der Waals surface area contributed by atoms with Gasteiger partial charge in [-0.2, -0.15) is 0 Å². The molecule has 92 valence electrons. The fraction of sp³-hybridized carbons (Fsp3) is 0.462. The van der Waals surface area contributed by atoms with E-state index >= 15 is 0 Å². The first kappa shape index (κ1) is 12.9. The lowest BCUT2D eigenvalue weighted by atomic mass is 10.0. The molecular formula is C13H17NOS2. The number of aliphatic hydroxyl groups excluding tert-OH is 1. The van der Waals surface area contributed by atoms with Gasteiger partial charge in [0.1, 0.15) is 4.32 Å². The highest BCUT2D eigenvalue weighted by molar-refractivity contribution is 8.22. The predicted molar refractivity (Wildman–Crippen MR) is 77.3 cm³/mol. The van der Waals surface area contributed by atoms with Crippen molar-refractivity contribution in [2.75, 3.05) is 12.3 Å². The molecule has 4 heteroatoms. The SMILES string of the molecule is CC(O)CSC(=S)N1CCc2ccccc2C1. The maximum Gasteiger partial charge on any atom is 0.136 e. The minimum Gasteiger partial charge on any atom is -0.393 e. The molecule has 0 aromatic heterocycles. The first-order chi connectivity index (χ1) is 8.16. The van der Waals surface area contributed by atoms with Gasteiger partial charge in [-0.05, 0) is 24.5 Å². The summed E-state index contributed by atoms with van der Waals surface area (Å²) in [4.78, 5) is 2.23. The van der Waals surface area contributed by atoms with Crippen molar-refractivity contribution in [2.45, 2.75) is 26.0 Å². The maximum absolute atomic E-state index is 9.26. The fourth-order valence-electron chi connectivity index (χ4n) is 1.93. The predicted octanol–water partition coefficient (Wildman–Crippen LogP) is 2.44. The number of hydrogen-bond donors (Lipinski definition) is 1. The van der Waals surface area contributed by atoms with Gasteiger partial charge in [0.15, 0.2) is 0 Å². The van der Waals surface area contributed by atoms with Gasteiger partial charge in [0.05, 0.1) is 6.10 Å². The topological polar surface area (TPSA) is 23.5 Å². The lowest BCUT2D eigenvalue weighted by Gasteiger charge is -2.30. The fourth-order valence-corrected chi connectivity index (χ4v) is 3.02. The van der Waals surface area contributed by atoms with Crippen molar-refractivity contribution in [1.82, 2.24) is 4.90 Å². The van der Waals surface area contributed by atoms with Crippen LogP contribution >= 0.6 is 24.0 Å². The lowest BCUT2D eigenvalue weighted by molar-refractivity contribution is 0.220. The minimum atomic E-state index is -0.296. The molecule has 0 fully saturated rings. The summed E-state index contributed by atoms with van der Waals surface area (Å²) in [6.45, 7) is 3.69. The molecule has 0 aliphatic carbocycles. The standard InChI is InChI=1S/C13H17NOS2/c1-10(15)9-17-13(16)14-7-6-11-4-2-3-5-12(11)8-14/h2-5,10,15H,6-9H2,1H3. The largest absolute Gasteiger partial charge is 0.393 e. The average molecular weight is 267 g/mol. The van der Waals surface area contributed by atoms with E-state index in [2.05, 4.69) is 29.2 Å². The smallest absolute Gasteiger partial charge is 0.136 e. The monoisotopic (exact) mass is 267 g/mol. The van der Waals surface area contributed by atoms with Gasteiger partial charge in [0.25, 0.3) is 0 Å². The number of thioether (sulfide) groups is 1. The Kier molecular flexibility index (Phi) is 4.42. The van der Waals surface area contributed by atoms with E-state index in [1.165, 1.54) is 11.1 Å². The van der Waals surface area contributed by atoms with E-state index in [0.717, 1.165) is 23.8 Å². The highest BCUT2D eigenvalue weighted by atomic mass is 32.2. The van der Waals surface area contributed by atoms with Crippen LogP contribution in [0.5, 0.6) is 0 Å². The molecule has 1 aliphatic heterocycles. The molecule has 0 radical (unpaired) electrons. The van der Waals surface area contributed by atoms with Crippen LogP contribution < -0.4 is 0 Å². The first-order valence-corrected chi connectivity index (χ1v) is 7.23. The van der Waals surface area contributed by atoms with Gasteiger partial charge in [0, 0.05) is 18.8 Å². The zero-order valence-electron chi connectivity index (χ0n) is 9.93. The number of aliphatic hydroxyl groups is 1. The Bertz CT molecular complexity index is 406. The molecule has 0 amide bonds. The molecule has 0 saturated heterocycles. The van der Waals surface area contributed by atoms with Gasteiger partial charge < -0.3 is 10.0 Å². The van der Waals surface area contributed by atoms with E-state index in [1.54, 1.807) is 18.7 Å². The first-order valence-electron chi connectivity index (χ1n) is 5.83. The Morgan fingerprint density at radius 3 is 2.88 bits per heavy atom. The number of benzene rings is 1. The third-order valence-electron chi connectivity index (χ3n) is 2.84. The number of fused-ring (bicyclic) bond motifs is 1. The minimum absolute atomic E-state index is 0.296. The molecule has 1 aliphatic rings. The molecular weight excluding hydrogens is 250 g/mol. The zero-order chi connectivity index (χ0) is 12.3. The summed E-state index contributed by atoms with van der Waals surface area (Å²) in [5.41, 5.74) is 2.81. The number of thiocarbonyl (C=S) groups is 1. The van der Waals surface area contributed by atoms with E-state index in [4.69, 9.17) is 12.2 Å². The summed E-state index contributed by atoms with van der Waals surface area (Å²) in [5, 5.41) is 9.26. The van der Waals surface area contributed by atoms with Gasteiger partial charge in [-0.1, -0.05) is 48.2 Å². The van der Waals surface area contributed by atoms with E-state index in [-0.39, 0.29) is 6.10 Å². The van der Waals surface area contributed by atoms with Crippen molar-refractivity contribution in [3.8, 4) is 0 Å². The molecule has 1 N–H and O–H groups in total. The van der Waals surface area contributed by atoms with Gasteiger partial charge in [-0.25, -0.2) is 0 Å². The zero-order valence-corrected chi connectivity index (χ0v) is 11.6. The van der Waals surface area contributed by atoms with Crippen LogP contribution in [0.4, 0.5) is 0 Å². The maximum atomic E-state index is 9.26. The number of rotatable bonds is 2. The second-order valence-corrected chi connectivity index (χ2v) is 6.02. The molecule has 0 spiro atoms. The summed E-state index contributed by atoms with van der Waals surface area (Å²) in [6.07, 6.45) is 0.765. The Balaban J connectivity index is 1.95. The molecule has 1 atom stereocenters. The quantitative estimate of drug-likeness (QED) is 0.832. The molecule has 2 rings (SSSR count). The molecule has 1 aromatic carbocycles. The molecule has 1 unspecified atom stereocenters. The van der Waals surface area contributed by atoms with Crippen LogP contribution in [0.2, 0.25) is 0 Å². The van der Waals surface area contributed by atoms with E-state index in [0.29, 0.717) is 5.75 Å². The van der Waals surface area contributed by atoms with E-state index < -0.39 is 0 Å². The van der Waals surface area contributed by atoms with Crippen LogP contribution in [-0.2, 0) is 13.0 Å². The highest BCUT2D eigenvalue weighted by Crippen LogP contribution is 2.22. The Morgan fingerprint density at radius 1 is 1.47 bits per heavy atom. The van der Waals surface area contributed by atoms with E-state index in [1.807, 2.05) is 0 Å². The lowest BCUT2D eigenvalue weighted by Crippen LogP contribution is -2.33. The van der Waals surface area contributed by atoms with Crippen LogP contribution in [0.1, 0.15) is 18.1 Å². The molecule has 1 aromatic rings. The van der Waals surface area contributed by atoms with Gasteiger partial charge in [-0.15, -0.1) is 0 Å². The van der Waals surface area contributed by atoms with Crippen LogP contribution in [0.25, 0.3) is 0 Å². The van der Waals surface area contributed by atoms with Gasteiger partial charge in [0.2, 0.25) is 0 Å². The van der Waals surface area contributed by atoms with Crippen molar-refractivity contribution in [2.24, 2.45) is 0 Å². The second kappa shape index (κ2) is 5.85. The normalized spacial score (nSPS) is 16.5. The van der Waals surface area contributed by atoms with Crippen LogP contribution in [0.15, 0.2) is 24.3 Å². The van der Waals surface area contributed by atoms with Crippen LogP contribution in [0.3, 0.4) is 0 Å². The molecule has 0 bridgehead atoms. The molecule has 0 saturated carbocycles. The van der Waals surface area contributed by atoms with Crippen molar-refractivity contribution < 1.29 is 5.11 Å². The van der Waals surface area contributed by atoms with Crippen molar-refractivity contribution in [1.29, 1.82) is 0 Å². The Hall–Kier alpha value is -0.580. The Labute approximate surface area is 112 Å². The van der Waals surface area contributed by atoms with Crippen molar-refractivity contribution in [3.63, 3.8) is 0 Å². The Morgan fingerprint density at radius 2 is 2.18 bits per heavy atom. The van der Waals surface area contributed by atoms with Crippen molar-refractivity contribution >= 4 is 28.3 Å². The summed E-state index contributed by atoms with van der Waals surface area (Å²) in [6, 6.07) is 8.53. The summed E-state index contributed by atoms with van der Waals surface area (Å²) in [7, 11) is 0. The van der Waals surface area contributed by atoms with Crippen LogP contribution in [0, 0.1) is 0 Å². The summed E-state index contributed by atoms with van der Waals surface area (Å²) >= 11 is 6.97. The number of nitrogens with zero attached hydrogens (tertiary/aromatic N) is 1. The number of hydrogen-bond acceptors (Lipinski definition) is 3. The summed E-state index contributed by atoms with van der Waals surface area (Å²) in [5.74, 6) is 0.678. The molecule has 2 nitrogen and oxygen atoms in total. The third-order valence-corrected chi connectivity index (χ3v) is 4.60. The van der Waals surface area contributed by atoms with Gasteiger partial charge in [-0.3, -0.25) is 0 Å². The molecule has 1 heterocycles. The highest BCUT2D eigenvalue weighted by Gasteiger charge is 2.18. The summed E-state index contributed by atoms with van der Waals surface area (Å²) < 4.78 is 0.903.